The second kappa shape index (κ2) is 9.92. The van der Waals surface area contributed by atoms with Crippen LogP contribution in [0.25, 0.3) is 0 Å². The number of fused-ring (bicyclic) bond motifs is 3. The van der Waals surface area contributed by atoms with E-state index in [9.17, 15) is 9.59 Å². The van der Waals surface area contributed by atoms with Crippen molar-refractivity contribution in [2.45, 2.75) is 50.2 Å². The Morgan fingerprint density at radius 2 is 1.51 bits per heavy atom. The number of likely N-dealkylation sites (tertiary alicyclic amines) is 1. The molecule has 0 aromatic heterocycles. The summed E-state index contributed by atoms with van der Waals surface area (Å²) in [4.78, 5) is 30.9. The van der Waals surface area contributed by atoms with E-state index in [1.165, 1.54) is 11.1 Å². The fraction of sp³-hybridized carbons (Fsp3) is 0.355. The maximum atomic E-state index is 14.4. The van der Waals surface area contributed by atoms with Gasteiger partial charge in [-0.25, -0.2) is 4.79 Å². The van der Waals surface area contributed by atoms with E-state index in [4.69, 9.17) is 5.73 Å². The number of para-hydroxylation sites is 2. The highest BCUT2D eigenvalue weighted by molar-refractivity contribution is 5.93. The van der Waals surface area contributed by atoms with Crippen molar-refractivity contribution in [1.29, 1.82) is 0 Å². The zero-order valence-electron chi connectivity index (χ0n) is 21.0. The molecule has 6 nitrogen and oxygen atoms in total. The summed E-state index contributed by atoms with van der Waals surface area (Å²) in [6.45, 7) is 0.721. The molecule has 0 spiro atoms. The fourth-order valence-electron chi connectivity index (χ4n) is 6.95. The molecule has 0 radical (unpaired) electrons. The van der Waals surface area contributed by atoms with Gasteiger partial charge in [-0.1, -0.05) is 79.6 Å². The quantitative estimate of drug-likeness (QED) is 0.475. The lowest BCUT2D eigenvalue weighted by atomic mass is 9.79. The molecule has 6 heteroatoms. The molecule has 3 aromatic carbocycles. The van der Waals surface area contributed by atoms with Crippen molar-refractivity contribution in [1.82, 2.24) is 4.90 Å². The van der Waals surface area contributed by atoms with E-state index in [2.05, 4.69) is 58.7 Å². The van der Waals surface area contributed by atoms with Crippen LogP contribution in [0.1, 0.15) is 55.3 Å². The van der Waals surface area contributed by atoms with Crippen molar-refractivity contribution in [3.63, 3.8) is 0 Å². The van der Waals surface area contributed by atoms with Crippen molar-refractivity contribution in [2.24, 2.45) is 17.6 Å². The van der Waals surface area contributed by atoms with Gasteiger partial charge in [-0.05, 0) is 48.6 Å². The third kappa shape index (κ3) is 4.24. The van der Waals surface area contributed by atoms with Gasteiger partial charge < -0.3 is 16.0 Å². The molecule has 5 atom stereocenters. The molecule has 3 aliphatic rings. The van der Waals surface area contributed by atoms with Crippen LogP contribution in [-0.2, 0) is 4.79 Å². The van der Waals surface area contributed by atoms with Gasteiger partial charge in [0.25, 0.3) is 0 Å². The Balaban J connectivity index is 1.35. The maximum Gasteiger partial charge on any atom is 0.319 e. The van der Waals surface area contributed by atoms with Crippen LogP contribution in [0.5, 0.6) is 0 Å². The summed E-state index contributed by atoms with van der Waals surface area (Å²) >= 11 is 0. The van der Waals surface area contributed by atoms with Crippen molar-refractivity contribution in [3.8, 4) is 0 Å². The number of nitrogens with two attached hydrogens (primary N) is 1. The van der Waals surface area contributed by atoms with Crippen LogP contribution in [0, 0.1) is 11.8 Å². The zero-order chi connectivity index (χ0) is 25.4. The highest BCUT2D eigenvalue weighted by atomic mass is 16.2. The van der Waals surface area contributed by atoms with Crippen LogP contribution in [0.2, 0.25) is 0 Å². The Kier molecular flexibility index (Phi) is 6.33. The number of primary amides is 1. The van der Waals surface area contributed by atoms with E-state index in [1.807, 2.05) is 36.4 Å². The van der Waals surface area contributed by atoms with Crippen LogP contribution in [-0.4, -0.2) is 29.4 Å². The average molecular weight is 495 g/mol. The lowest BCUT2D eigenvalue weighted by molar-refractivity contribution is -0.138. The summed E-state index contributed by atoms with van der Waals surface area (Å²) in [6.07, 6.45) is 4.46. The number of nitrogens with zero attached hydrogens (tertiary/aromatic N) is 2. The summed E-state index contributed by atoms with van der Waals surface area (Å²) in [5, 5.41) is 3.78. The lowest BCUT2D eigenvalue weighted by Crippen LogP contribution is -2.53. The molecule has 2 aliphatic heterocycles. The number of urea groups is 1. The summed E-state index contributed by atoms with van der Waals surface area (Å²) in [5.41, 5.74) is 10.2. The van der Waals surface area contributed by atoms with Gasteiger partial charge in [0.05, 0.1) is 24.0 Å². The molecule has 37 heavy (non-hydrogen) atoms. The number of carbonyl (C=O) groups excluding carboxylic acids is 2. The smallest absolute Gasteiger partial charge is 0.319 e. The number of anilines is 2. The Hall–Kier alpha value is -3.80. The molecule has 6 rings (SSSR count). The lowest BCUT2D eigenvalue weighted by Gasteiger charge is -2.43. The molecule has 0 unspecified atom stereocenters. The third-order valence-electron chi connectivity index (χ3n) is 8.56. The van der Waals surface area contributed by atoms with E-state index < -0.39 is 6.03 Å². The van der Waals surface area contributed by atoms with Gasteiger partial charge in [0.2, 0.25) is 5.91 Å². The van der Waals surface area contributed by atoms with Gasteiger partial charge in [0.15, 0.2) is 0 Å². The molecular weight excluding hydrogens is 460 g/mol. The number of hydrogen-bond donors (Lipinski definition) is 2. The Bertz CT molecular complexity index is 1260. The molecule has 2 heterocycles. The Labute approximate surface area is 218 Å². The second-order valence-corrected chi connectivity index (χ2v) is 10.6. The molecule has 3 N–H and O–H groups in total. The standard InChI is InChI=1S/C31H34N4O2/c32-31(37)35(22-13-5-2-6-14-22)27-18-10-8-16-24(27)30(36)34-20-19-25-28(21-11-3-1-4-12-21)33-26-17-9-7-15-23(26)29(25)34/h1-7,9,11-15,17,24-25,27-29,33H,8,10,16,18-20H2,(H2,32,37)/t24-,25-,27+,28+,29+/m0/s1. The van der Waals surface area contributed by atoms with Crippen LogP contribution in [0.4, 0.5) is 16.2 Å². The Morgan fingerprint density at radius 3 is 2.27 bits per heavy atom. The SMILES string of the molecule is NC(=O)N(c1ccccc1)[C@@H]1CCCC[C@@H]1C(=O)N1CC[C@H]2[C@@H](c3ccccc3)Nc3ccccc3[C@H]21. The van der Waals surface area contributed by atoms with Crippen LogP contribution in [0.15, 0.2) is 84.9 Å². The average Bonchev–Trinajstić information content (AvgIpc) is 3.39. The molecule has 1 aliphatic carbocycles. The molecular formula is C31H34N4O2. The maximum absolute atomic E-state index is 14.4. The van der Waals surface area contributed by atoms with Gasteiger partial charge in [-0.3, -0.25) is 9.69 Å². The highest BCUT2D eigenvalue weighted by Gasteiger charge is 2.49. The molecule has 190 valence electrons. The van der Waals surface area contributed by atoms with Crippen molar-refractivity contribution >= 4 is 23.3 Å². The first-order valence-electron chi connectivity index (χ1n) is 13.5. The summed E-state index contributed by atoms with van der Waals surface area (Å²) < 4.78 is 0. The Morgan fingerprint density at radius 1 is 0.838 bits per heavy atom. The van der Waals surface area contributed by atoms with Crippen LogP contribution >= 0.6 is 0 Å². The first kappa shape index (κ1) is 23.6. The molecule has 2 fully saturated rings. The van der Waals surface area contributed by atoms with E-state index in [0.29, 0.717) is 0 Å². The van der Waals surface area contributed by atoms with Gasteiger partial charge in [-0.15, -0.1) is 0 Å². The third-order valence-corrected chi connectivity index (χ3v) is 8.56. The second-order valence-electron chi connectivity index (χ2n) is 10.6. The minimum atomic E-state index is -0.494. The molecule has 3 amide bonds. The highest BCUT2D eigenvalue weighted by Crippen LogP contribution is 2.52. The van der Waals surface area contributed by atoms with Gasteiger partial charge in [0, 0.05) is 23.8 Å². The van der Waals surface area contributed by atoms with Crippen molar-refractivity contribution in [2.75, 3.05) is 16.8 Å². The summed E-state index contributed by atoms with van der Waals surface area (Å²) in [6, 6.07) is 27.9. The number of hydrogen-bond acceptors (Lipinski definition) is 3. The first-order chi connectivity index (χ1) is 18.1. The number of rotatable bonds is 4. The minimum Gasteiger partial charge on any atom is -0.378 e. The molecule has 1 saturated carbocycles. The van der Waals surface area contributed by atoms with Gasteiger partial charge in [0.1, 0.15) is 0 Å². The molecule has 3 aromatic rings. The van der Waals surface area contributed by atoms with E-state index in [0.717, 1.165) is 50.0 Å². The number of nitrogens with one attached hydrogen (secondary N) is 1. The van der Waals surface area contributed by atoms with E-state index in [1.54, 1.807) is 4.90 Å². The van der Waals surface area contributed by atoms with E-state index >= 15 is 0 Å². The predicted octanol–water partition coefficient (Wildman–Crippen LogP) is 5.89. The van der Waals surface area contributed by atoms with Crippen molar-refractivity contribution < 1.29 is 9.59 Å². The van der Waals surface area contributed by atoms with Gasteiger partial charge in [-0.2, -0.15) is 0 Å². The number of amides is 3. The van der Waals surface area contributed by atoms with Crippen molar-refractivity contribution in [3.05, 3.63) is 96.1 Å². The monoisotopic (exact) mass is 494 g/mol. The normalized spacial score (nSPS) is 26.5. The summed E-state index contributed by atoms with van der Waals surface area (Å²) in [5.74, 6) is 0.171. The van der Waals surface area contributed by atoms with Gasteiger partial charge >= 0.3 is 6.03 Å². The molecule has 1 saturated heterocycles. The van der Waals surface area contributed by atoms with Crippen LogP contribution < -0.4 is 16.0 Å². The zero-order valence-corrected chi connectivity index (χ0v) is 21.0. The minimum absolute atomic E-state index is 0.0106. The molecule has 0 bridgehead atoms. The predicted molar refractivity (Wildman–Crippen MR) is 146 cm³/mol. The van der Waals surface area contributed by atoms with Crippen LogP contribution in [0.3, 0.4) is 0 Å². The number of benzene rings is 3. The van der Waals surface area contributed by atoms with E-state index in [-0.39, 0.29) is 35.9 Å². The largest absolute Gasteiger partial charge is 0.378 e. The topological polar surface area (TPSA) is 78.7 Å². The summed E-state index contributed by atoms with van der Waals surface area (Å²) in [7, 11) is 0. The number of carbonyl (C=O) groups is 2. The first-order valence-corrected chi connectivity index (χ1v) is 13.5. The fourth-order valence-corrected chi connectivity index (χ4v) is 6.95.